The van der Waals surface area contributed by atoms with Gasteiger partial charge < -0.3 is 4.84 Å². The molecule has 2 aromatic rings. The molecule has 0 aromatic heterocycles. The zero-order valence-electron chi connectivity index (χ0n) is 13.1. The Bertz CT molecular complexity index is 773. The quantitative estimate of drug-likeness (QED) is 0.179. The van der Waals surface area contributed by atoms with Gasteiger partial charge in [-0.3, -0.25) is 4.52 Å². The molecule has 0 saturated carbocycles. The fraction of sp³-hybridized carbons (Fsp3) is 0.133. The molecule has 7 nitrogen and oxygen atoms in total. The first-order valence-electron chi connectivity index (χ1n) is 6.89. The van der Waals surface area contributed by atoms with E-state index in [1.807, 2.05) is 31.2 Å². The number of rotatable bonds is 7. The van der Waals surface area contributed by atoms with Crippen molar-refractivity contribution in [3.8, 4) is 11.5 Å². The van der Waals surface area contributed by atoms with Gasteiger partial charge in [0.1, 0.15) is 11.0 Å². The van der Waals surface area contributed by atoms with Crippen molar-refractivity contribution in [3.63, 3.8) is 0 Å². The van der Waals surface area contributed by atoms with E-state index in [-0.39, 0.29) is 0 Å². The molecule has 0 aliphatic heterocycles. The molecule has 0 amide bonds. The highest BCUT2D eigenvalue weighted by molar-refractivity contribution is 8.02. The van der Waals surface area contributed by atoms with E-state index in [0.717, 1.165) is 16.9 Å². The topological polar surface area (TPSA) is 82.8 Å². The van der Waals surface area contributed by atoms with Crippen LogP contribution in [-0.2, 0) is 11.8 Å². The zero-order valence-corrected chi connectivity index (χ0v) is 14.8. The Morgan fingerprint density at radius 2 is 1.75 bits per heavy atom. The Morgan fingerprint density at radius 3 is 2.38 bits per heavy atom. The highest BCUT2D eigenvalue weighted by Gasteiger charge is 2.19. The Balaban J connectivity index is 1.93. The van der Waals surface area contributed by atoms with E-state index in [9.17, 15) is 0 Å². The van der Waals surface area contributed by atoms with Gasteiger partial charge in [0.15, 0.2) is 5.75 Å². The van der Waals surface area contributed by atoms with Gasteiger partial charge in [-0.25, -0.2) is 0 Å². The van der Waals surface area contributed by atoms with Crippen molar-refractivity contribution in [1.29, 1.82) is 0 Å². The molecule has 2 aromatic carbocycles. The second kappa shape index (κ2) is 8.84. The SMILES string of the molecule is Cc1ccc(O[P+](=S)N(C)/N=C/c2ccc(ON=[N+]=[N-])cc2)cc1. The summed E-state index contributed by atoms with van der Waals surface area (Å²) in [4.78, 5) is 7.29. The lowest BCUT2D eigenvalue weighted by molar-refractivity contribution is 0.333. The van der Waals surface area contributed by atoms with Crippen molar-refractivity contribution in [2.75, 3.05) is 7.05 Å². The molecule has 24 heavy (non-hydrogen) atoms. The summed E-state index contributed by atoms with van der Waals surface area (Å²) in [6.07, 6.45) is 1.66. The molecule has 9 heteroatoms. The average Bonchev–Trinajstić information content (AvgIpc) is 2.60. The molecular weight excluding hydrogens is 345 g/mol. The minimum atomic E-state index is -1.30. The first-order chi connectivity index (χ1) is 11.6. The number of benzene rings is 2. The summed E-state index contributed by atoms with van der Waals surface area (Å²) >= 11 is 5.35. The van der Waals surface area contributed by atoms with Gasteiger partial charge in [0, 0.05) is 4.91 Å². The Kier molecular flexibility index (Phi) is 6.51. The molecule has 1 atom stereocenters. The molecule has 0 aliphatic rings. The summed E-state index contributed by atoms with van der Waals surface area (Å²) in [6.45, 7) is 2.01. The normalized spacial score (nSPS) is 10.8. The summed E-state index contributed by atoms with van der Waals surface area (Å²) in [7, 11) is 0.467. The Morgan fingerprint density at radius 1 is 1.12 bits per heavy atom. The fourth-order valence-corrected chi connectivity index (χ4v) is 2.56. The van der Waals surface area contributed by atoms with Crippen LogP contribution in [0.3, 0.4) is 0 Å². The molecule has 122 valence electrons. The number of hydrogen-bond donors (Lipinski definition) is 0. The Labute approximate surface area is 145 Å². The van der Waals surface area contributed by atoms with Crippen LogP contribution in [0.2, 0.25) is 0 Å². The van der Waals surface area contributed by atoms with Gasteiger partial charge >= 0.3 is 7.07 Å². The molecule has 0 heterocycles. The Hall–Kier alpha value is -2.66. The maximum atomic E-state index is 8.19. The van der Waals surface area contributed by atoms with Crippen molar-refractivity contribution >= 4 is 25.1 Å². The average molecular weight is 360 g/mol. The van der Waals surface area contributed by atoms with E-state index >= 15 is 0 Å². The number of nitrogens with zero attached hydrogens (tertiary/aromatic N) is 5. The van der Waals surface area contributed by atoms with Crippen molar-refractivity contribution in [2.24, 2.45) is 10.4 Å². The third-order valence-corrected chi connectivity index (χ3v) is 4.75. The van der Waals surface area contributed by atoms with Crippen molar-refractivity contribution < 1.29 is 9.36 Å². The van der Waals surface area contributed by atoms with Gasteiger partial charge in [0.2, 0.25) is 11.8 Å². The van der Waals surface area contributed by atoms with Gasteiger partial charge in [-0.2, -0.15) is 0 Å². The fourth-order valence-electron chi connectivity index (χ4n) is 1.62. The molecule has 0 N–H and O–H groups in total. The second-order valence-electron chi connectivity index (χ2n) is 4.71. The van der Waals surface area contributed by atoms with E-state index in [0.29, 0.717) is 5.75 Å². The minimum absolute atomic E-state index is 0.450. The number of azide groups is 1. The van der Waals surface area contributed by atoms with E-state index in [1.54, 1.807) is 42.3 Å². The summed E-state index contributed by atoms with van der Waals surface area (Å²) in [6, 6.07) is 14.6. The molecule has 2 rings (SSSR count). The van der Waals surface area contributed by atoms with Crippen LogP contribution in [0.5, 0.6) is 11.5 Å². The van der Waals surface area contributed by atoms with Crippen molar-refractivity contribution in [2.45, 2.75) is 6.92 Å². The summed E-state index contributed by atoms with van der Waals surface area (Å²) < 4.78 is 7.31. The monoisotopic (exact) mass is 360 g/mol. The van der Waals surface area contributed by atoms with Gasteiger partial charge in [-0.05, 0) is 54.4 Å². The third kappa shape index (κ3) is 5.52. The molecule has 0 saturated heterocycles. The van der Waals surface area contributed by atoms with Gasteiger partial charge in [-0.1, -0.05) is 22.5 Å². The standard InChI is InChI=1S/C15H15N5O2PS/c1-12-3-7-15(8-4-12)22-23(24)20(2)17-11-13-5-9-14(10-6-13)21-19-18-16/h3-11H,1-2H3/q+1/b17-11+. The smallest absolute Gasteiger partial charge is 0.394 e. The summed E-state index contributed by atoms with van der Waals surface area (Å²) in [5, 5.41) is 7.31. The van der Waals surface area contributed by atoms with Gasteiger partial charge in [-0.15, -0.1) is 5.10 Å². The van der Waals surface area contributed by atoms with E-state index in [2.05, 4.69) is 15.3 Å². The van der Waals surface area contributed by atoms with E-state index < -0.39 is 7.07 Å². The summed E-state index contributed by atoms with van der Waals surface area (Å²) in [5.41, 5.74) is 10.2. The highest BCUT2D eigenvalue weighted by atomic mass is 32.4. The lowest BCUT2D eigenvalue weighted by Crippen LogP contribution is -2.03. The van der Waals surface area contributed by atoms with Crippen LogP contribution in [0.25, 0.3) is 10.4 Å². The predicted octanol–water partition coefficient (Wildman–Crippen LogP) is 4.72. The minimum Gasteiger partial charge on any atom is -0.394 e. The van der Waals surface area contributed by atoms with Gasteiger partial charge in [0.05, 0.1) is 13.3 Å². The molecule has 0 spiro atoms. The first kappa shape index (κ1) is 17.7. The van der Waals surface area contributed by atoms with Crippen molar-refractivity contribution in [3.05, 3.63) is 70.1 Å². The summed E-state index contributed by atoms with van der Waals surface area (Å²) in [5.74, 6) is 1.18. The molecular formula is C15H15N5O2PS+. The molecule has 0 fully saturated rings. The lowest BCUT2D eigenvalue weighted by atomic mass is 10.2. The highest BCUT2D eigenvalue weighted by Crippen LogP contribution is 2.30. The van der Waals surface area contributed by atoms with Crippen LogP contribution in [-0.4, -0.2) is 18.0 Å². The van der Waals surface area contributed by atoms with Crippen molar-refractivity contribution in [1.82, 2.24) is 4.78 Å². The predicted molar refractivity (Wildman–Crippen MR) is 97.7 cm³/mol. The zero-order chi connectivity index (χ0) is 17.4. The van der Waals surface area contributed by atoms with E-state index in [1.165, 1.54) is 0 Å². The largest absolute Gasteiger partial charge is 0.540 e. The van der Waals surface area contributed by atoms with Crippen LogP contribution in [0.4, 0.5) is 0 Å². The van der Waals surface area contributed by atoms with Gasteiger partial charge in [0.25, 0.3) is 0 Å². The van der Waals surface area contributed by atoms with Crippen LogP contribution >= 0.6 is 7.07 Å². The molecule has 1 unspecified atom stereocenters. The van der Waals surface area contributed by atoms with Crippen LogP contribution in [0.15, 0.2) is 58.9 Å². The second-order valence-corrected chi connectivity index (χ2v) is 6.88. The van der Waals surface area contributed by atoms with Crippen LogP contribution in [0, 0.1) is 6.92 Å². The first-order valence-corrected chi connectivity index (χ1v) is 9.12. The lowest BCUT2D eigenvalue weighted by Gasteiger charge is -2.02. The van der Waals surface area contributed by atoms with E-state index in [4.69, 9.17) is 26.7 Å². The number of hydrazone groups is 1. The van der Waals surface area contributed by atoms with Crippen LogP contribution in [0.1, 0.15) is 11.1 Å². The molecule has 0 aliphatic carbocycles. The number of hydrogen-bond acceptors (Lipinski definition) is 5. The third-order valence-electron chi connectivity index (χ3n) is 2.88. The number of aryl methyl sites for hydroxylation is 1. The maximum absolute atomic E-state index is 8.19. The molecule has 0 bridgehead atoms. The van der Waals surface area contributed by atoms with Crippen LogP contribution < -0.4 is 9.36 Å². The molecule has 0 radical (unpaired) electrons. The maximum Gasteiger partial charge on any atom is 0.540 e.